The van der Waals surface area contributed by atoms with E-state index in [9.17, 15) is 4.79 Å². The van der Waals surface area contributed by atoms with Gasteiger partial charge in [-0.2, -0.15) is 5.10 Å². The summed E-state index contributed by atoms with van der Waals surface area (Å²) in [6.45, 7) is 4.87. The Hall–Kier alpha value is -3.58. The largest absolute Gasteiger partial charge is 0.490 e. The van der Waals surface area contributed by atoms with Crippen LogP contribution in [0.1, 0.15) is 34.2 Å². The van der Waals surface area contributed by atoms with Gasteiger partial charge in [-0.25, -0.2) is 5.43 Å². The normalized spacial score (nSPS) is 11.1. The molecule has 6 nitrogen and oxygen atoms in total. The fourth-order valence-corrected chi connectivity index (χ4v) is 3.61. The fraction of sp³-hybridized carbons (Fsp3) is 0.154. The molecule has 3 aromatic carbocycles. The molecule has 168 valence electrons. The van der Waals surface area contributed by atoms with Crippen molar-refractivity contribution in [2.45, 2.75) is 20.5 Å². The molecule has 0 aliphatic heterocycles. The maximum atomic E-state index is 12.4. The standard InChI is InChI=1S/C26H23BrN2O4/c1-3-31-23-13-20(21(27)14-24(23)32-16-18-10-8-17(2)9-11-18)15-28-29-26(30)25-12-19-6-4-5-7-22(19)33-25/h4-15H,3,16H2,1-2H3,(H,29,30)/b28-15+. The van der Waals surface area contributed by atoms with Gasteiger partial charge in [0.1, 0.15) is 12.2 Å². The Morgan fingerprint density at radius 2 is 1.82 bits per heavy atom. The minimum atomic E-state index is -0.429. The van der Waals surface area contributed by atoms with E-state index in [0.29, 0.717) is 30.3 Å². The number of carbonyl (C=O) groups is 1. The third kappa shape index (κ3) is 5.62. The van der Waals surface area contributed by atoms with Crippen LogP contribution >= 0.6 is 15.9 Å². The van der Waals surface area contributed by atoms with Gasteiger partial charge in [-0.3, -0.25) is 4.79 Å². The highest BCUT2D eigenvalue weighted by Crippen LogP contribution is 2.34. The molecule has 0 spiro atoms. The van der Waals surface area contributed by atoms with Crippen molar-refractivity contribution >= 4 is 39.0 Å². The molecule has 0 aliphatic carbocycles. The van der Waals surface area contributed by atoms with Gasteiger partial charge in [-0.1, -0.05) is 48.0 Å². The van der Waals surface area contributed by atoms with Gasteiger partial charge in [-0.05, 0) is 59.6 Å². The number of hydrogen-bond donors (Lipinski definition) is 1. The molecule has 33 heavy (non-hydrogen) atoms. The summed E-state index contributed by atoms with van der Waals surface area (Å²) in [4.78, 5) is 12.4. The third-order valence-electron chi connectivity index (χ3n) is 4.90. The second kappa shape index (κ2) is 10.4. The highest BCUT2D eigenvalue weighted by Gasteiger charge is 2.13. The summed E-state index contributed by atoms with van der Waals surface area (Å²) in [5.41, 5.74) is 6.14. The summed E-state index contributed by atoms with van der Waals surface area (Å²) >= 11 is 3.55. The van der Waals surface area contributed by atoms with Crippen LogP contribution in [0.2, 0.25) is 0 Å². The molecule has 0 saturated heterocycles. The molecule has 0 unspecified atom stereocenters. The number of aryl methyl sites for hydroxylation is 1. The molecule has 1 amide bonds. The van der Waals surface area contributed by atoms with Gasteiger partial charge < -0.3 is 13.9 Å². The van der Waals surface area contributed by atoms with Crippen molar-refractivity contribution in [1.29, 1.82) is 0 Å². The molecular formula is C26H23BrN2O4. The molecule has 7 heteroatoms. The van der Waals surface area contributed by atoms with E-state index in [1.165, 1.54) is 11.8 Å². The van der Waals surface area contributed by atoms with Gasteiger partial charge in [0, 0.05) is 15.4 Å². The third-order valence-corrected chi connectivity index (χ3v) is 5.58. The van der Waals surface area contributed by atoms with Crippen LogP contribution in [0.3, 0.4) is 0 Å². The van der Waals surface area contributed by atoms with Crippen molar-refractivity contribution in [3.05, 3.63) is 93.7 Å². The topological polar surface area (TPSA) is 73.1 Å². The lowest BCUT2D eigenvalue weighted by atomic mass is 10.1. The van der Waals surface area contributed by atoms with Crippen molar-refractivity contribution in [1.82, 2.24) is 5.43 Å². The van der Waals surface area contributed by atoms with Gasteiger partial charge in [0.25, 0.3) is 0 Å². The number of carbonyl (C=O) groups excluding carboxylic acids is 1. The van der Waals surface area contributed by atoms with Crippen LogP contribution in [0.5, 0.6) is 11.5 Å². The molecule has 1 heterocycles. The predicted octanol–water partition coefficient (Wildman–Crippen LogP) is 6.25. The Balaban J connectivity index is 1.46. The van der Waals surface area contributed by atoms with Crippen LogP contribution < -0.4 is 14.9 Å². The Labute approximate surface area is 200 Å². The van der Waals surface area contributed by atoms with Crippen molar-refractivity contribution in [2.75, 3.05) is 6.61 Å². The zero-order valence-corrected chi connectivity index (χ0v) is 19.9. The highest BCUT2D eigenvalue weighted by atomic mass is 79.9. The van der Waals surface area contributed by atoms with Gasteiger partial charge in [0.05, 0.1) is 12.8 Å². The number of benzene rings is 3. The average molecular weight is 507 g/mol. The van der Waals surface area contributed by atoms with Gasteiger partial charge >= 0.3 is 5.91 Å². The molecule has 4 aromatic rings. The minimum absolute atomic E-state index is 0.197. The van der Waals surface area contributed by atoms with Crippen LogP contribution in [-0.4, -0.2) is 18.7 Å². The zero-order valence-electron chi connectivity index (χ0n) is 18.3. The molecule has 1 aromatic heterocycles. The first-order chi connectivity index (χ1) is 16.0. The van der Waals surface area contributed by atoms with E-state index < -0.39 is 5.91 Å². The molecule has 0 fully saturated rings. The Kier molecular flexibility index (Phi) is 7.10. The smallest absolute Gasteiger partial charge is 0.307 e. The number of nitrogens with one attached hydrogen (secondary N) is 1. The van der Waals surface area contributed by atoms with E-state index >= 15 is 0 Å². The highest BCUT2D eigenvalue weighted by molar-refractivity contribution is 9.10. The van der Waals surface area contributed by atoms with E-state index in [2.05, 4.69) is 38.6 Å². The van der Waals surface area contributed by atoms with E-state index in [1.54, 1.807) is 6.07 Å². The maximum absolute atomic E-state index is 12.4. The first kappa shape index (κ1) is 22.6. The van der Waals surface area contributed by atoms with Crippen molar-refractivity contribution in [2.24, 2.45) is 5.10 Å². The number of nitrogens with zero attached hydrogens (tertiary/aromatic N) is 1. The van der Waals surface area contributed by atoms with Crippen LogP contribution in [-0.2, 0) is 6.61 Å². The first-order valence-corrected chi connectivity index (χ1v) is 11.3. The summed E-state index contributed by atoms with van der Waals surface area (Å²) in [6, 6.07) is 21.0. The second-order valence-electron chi connectivity index (χ2n) is 7.38. The Morgan fingerprint density at radius 1 is 1.06 bits per heavy atom. The van der Waals surface area contributed by atoms with Gasteiger partial charge in [0.15, 0.2) is 17.3 Å². The van der Waals surface area contributed by atoms with Crippen molar-refractivity contribution in [3.8, 4) is 11.5 Å². The number of halogens is 1. The predicted molar refractivity (Wildman–Crippen MR) is 132 cm³/mol. The molecule has 4 rings (SSSR count). The number of amides is 1. The molecule has 1 N–H and O–H groups in total. The van der Waals surface area contributed by atoms with Gasteiger partial charge in [-0.15, -0.1) is 0 Å². The lowest BCUT2D eigenvalue weighted by molar-refractivity contribution is 0.0929. The monoisotopic (exact) mass is 506 g/mol. The maximum Gasteiger partial charge on any atom is 0.307 e. The van der Waals surface area contributed by atoms with Crippen LogP contribution in [0.4, 0.5) is 0 Å². The molecule has 0 bridgehead atoms. The fourth-order valence-electron chi connectivity index (χ4n) is 3.19. The van der Waals surface area contributed by atoms with Crippen LogP contribution in [0.25, 0.3) is 11.0 Å². The van der Waals surface area contributed by atoms with E-state index in [4.69, 9.17) is 13.9 Å². The van der Waals surface area contributed by atoms with Crippen molar-refractivity contribution in [3.63, 3.8) is 0 Å². The molecule has 0 atom stereocenters. The van der Waals surface area contributed by atoms with E-state index in [1.807, 2.05) is 62.4 Å². The molecule has 0 aliphatic rings. The quantitative estimate of drug-likeness (QED) is 0.226. The van der Waals surface area contributed by atoms with E-state index in [-0.39, 0.29) is 5.76 Å². The number of fused-ring (bicyclic) bond motifs is 1. The second-order valence-corrected chi connectivity index (χ2v) is 8.23. The van der Waals surface area contributed by atoms with E-state index in [0.717, 1.165) is 21.0 Å². The summed E-state index contributed by atoms with van der Waals surface area (Å²) in [7, 11) is 0. The number of hydrogen-bond acceptors (Lipinski definition) is 5. The number of para-hydroxylation sites is 1. The number of hydrazone groups is 1. The number of furan rings is 1. The summed E-state index contributed by atoms with van der Waals surface area (Å²) in [5.74, 6) is 0.981. The Bertz CT molecular complexity index is 1260. The summed E-state index contributed by atoms with van der Waals surface area (Å²) in [6.07, 6.45) is 1.54. The zero-order chi connectivity index (χ0) is 23.2. The lowest BCUT2D eigenvalue weighted by Crippen LogP contribution is -2.16. The average Bonchev–Trinajstić information content (AvgIpc) is 3.25. The first-order valence-electron chi connectivity index (χ1n) is 10.5. The molecule has 0 saturated carbocycles. The van der Waals surface area contributed by atoms with Gasteiger partial charge in [0.2, 0.25) is 0 Å². The summed E-state index contributed by atoms with van der Waals surface area (Å²) < 4.78 is 18.1. The number of ether oxygens (including phenoxy) is 2. The van der Waals surface area contributed by atoms with Crippen LogP contribution in [0, 0.1) is 6.92 Å². The SMILES string of the molecule is CCOc1cc(/C=N/NC(=O)c2cc3ccccc3o2)c(Br)cc1OCc1ccc(C)cc1. The Morgan fingerprint density at radius 3 is 2.58 bits per heavy atom. The molecule has 0 radical (unpaired) electrons. The molecular weight excluding hydrogens is 484 g/mol. The number of rotatable bonds is 8. The van der Waals surface area contributed by atoms with Crippen molar-refractivity contribution < 1.29 is 18.7 Å². The lowest BCUT2D eigenvalue weighted by Gasteiger charge is -2.14. The minimum Gasteiger partial charge on any atom is -0.490 e. The summed E-state index contributed by atoms with van der Waals surface area (Å²) in [5, 5.41) is 4.93. The van der Waals surface area contributed by atoms with Crippen LogP contribution in [0.15, 0.2) is 80.7 Å².